The van der Waals surface area contributed by atoms with Gasteiger partial charge in [0.1, 0.15) is 11.5 Å². The summed E-state index contributed by atoms with van der Waals surface area (Å²) >= 11 is 0. The van der Waals surface area contributed by atoms with E-state index in [1.807, 2.05) is 6.07 Å². The van der Waals surface area contributed by atoms with Crippen LogP contribution in [0.4, 0.5) is 0 Å². The van der Waals surface area contributed by atoms with Crippen molar-refractivity contribution < 1.29 is 19.1 Å². The Morgan fingerprint density at radius 1 is 0.970 bits per heavy atom. The fourth-order valence-corrected chi connectivity index (χ4v) is 3.43. The number of Topliss-reactive ketones (excluding diaryl/α,β-unsaturated/α-hetero) is 1. The SMILES string of the molecule is COc1cccc(Cn2c(C(N)=O)nc3ccc(OCC(=O)c4ccccc4)cc3c2=O)c1. The summed E-state index contributed by atoms with van der Waals surface area (Å²) in [7, 11) is 1.54. The number of methoxy groups -OCH3 is 1. The molecule has 0 unspecified atom stereocenters. The summed E-state index contributed by atoms with van der Waals surface area (Å²) < 4.78 is 12.1. The number of ketones is 1. The molecule has 3 aromatic carbocycles. The summed E-state index contributed by atoms with van der Waals surface area (Å²) in [6, 6.07) is 20.6. The lowest BCUT2D eigenvalue weighted by Gasteiger charge is -2.13. The van der Waals surface area contributed by atoms with Crippen molar-refractivity contribution in [1.82, 2.24) is 9.55 Å². The van der Waals surface area contributed by atoms with Gasteiger partial charge in [0.25, 0.3) is 11.5 Å². The Balaban J connectivity index is 1.68. The number of rotatable bonds is 8. The van der Waals surface area contributed by atoms with E-state index in [-0.39, 0.29) is 30.1 Å². The minimum absolute atomic E-state index is 0.0782. The highest BCUT2D eigenvalue weighted by Gasteiger charge is 2.17. The lowest BCUT2D eigenvalue weighted by atomic mass is 10.1. The van der Waals surface area contributed by atoms with E-state index in [0.717, 1.165) is 5.56 Å². The second-order valence-corrected chi connectivity index (χ2v) is 7.30. The van der Waals surface area contributed by atoms with Crippen LogP contribution in [0, 0.1) is 0 Å². The van der Waals surface area contributed by atoms with E-state index in [4.69, 9.17) is 15.2 Å². The van der Waals surface area contributed by atoms with Gasteiger partial charge in [-0.3, -0.25) is 19.0 Å². The van der Waals surface area contributed by atoms with Crippen molar-refractivity contribution in [2.45, 2.75) is 6.54 Å². The Hall–Kier alpha value is -4.46. The van der Waals surface area contributed by atoms with Crippen molar-refractivity contribution in [2.75, 3.05) is 13.7 Å². The molecule has 1 heterocycles. The quantitative estimate of drug-likeness (QED) is 0.419. The second kappa shape index (κ2) is 9.35. The van der Waals surface area contributed by atoms with E-state index in [9.17, 15) is 14.4 Å². The minimum Gasteiger partial charge on any atom is -0.497 e. The van der Waals surface area contributed by atoms with Crippen LogP contribution < -0.4 is 20.8 Å². The minimum atomic E-state index is -0.814. The molecule has 8 nitrogen and oxygen atoms in total. The number of carbonyl (C=O) groups excluding carboxylic acids is 2. The number of amides is 1. The predicted molar refractivity (Wildman–Crippen MR) is 123 cm³/mol. The summed E-state index contributed by atoms with van der Waals surface area (Å²) in [5.74, 6) is -0.193. The normalized spacial score (nSPS) is 10.7. The molecule has 0 aliphatic carbocycles. The van der Waals surface area contributed by atoms with Crippen molar-refractivity contribution in [3.8, 4) is 11.5 Å². The summed E-state index contributed by atoms with van der Waals surface area (Å²) in [5, 5.41) is 0.243. The lowest BCUT2D eigenvalue weighted by Crippen LogP contribution is -2.31. The highest BCUT2D eigenvalue weighted by atomic mass is 16.5. The van der Waals surface area contributed by atoms with Crippen molar-refractivity contribution in [2.24, 2.45) is 5.73 Å². The average Bonchev–Trinajstić information content (AvgIpc) is 2.84. The molecule has 0 aliphatic heterocycles. The molecule has 1 amide bonds. The zero-order chi connectivity index (χ0) is 23.4. The van der Waals surface area contributed by atoms with Crippen LogP contribution >= 0.6 is 0 Å². The zero-order valence-electron chi connectivity index (χ0n) is 17.9. The molecule has 0 saturated carbocycles. The van der Waals surface area contributed by atoms with Crippen LogP contribution in [0.5, 0.6) is 11.5 Å². The zero-order valence-corrected chi connectivity index (χ0v) is 17.9. The van der Waals surface area contributed by atoms with Crippen LogP contribution in [0.3, 0.4) is 0 Å². The first kappa shape index (κ1) is 21.8. The predicted octanol–water partition coefficient (Wildman–Crippen LogP) is 2.81. The number of hydrogen-bond donors (Lipinski definition) is 1. The maximum absolute atomic E-state index is 13.3. The monoisotopic (exact) mass is 443 g/mol. The fraction of sp³-hybridized carbons (Fsp3) is 0.120. The summed E-state index contributed by atoms with van der Waals surface area (Å²) in [6.07, 6.45) is 0. The maximum Gasteiger partial charge on any atom is 0.284 e. The van der Waals surface area contributed by atoms with Crippen molar-refractivity contribution >= 4 is 22.6 Å². The molecule has 0 atom stereocenters. The van der Waals surface area contributed by atoms with Gasteiger partial charge in [-0.1, -0.05) is 42.5 Å². The average molecular weight is 443 g/mol. The van der Waals surface area contributed by atoms with E-state index in [1.165, 1.54) is 10.6 Å². The van der Waals surface area contributed by atoms with Crippen LogP contribution in [-0.4, -0.2) is 35.0 Å². The Kier molecular flexibility index (Phi) is 6.17. The summed E-state index contributed by atoms with van der Waals surface area (Å²) in [4.78, 5) is 41.9. The van der Waals surface area contributed by atoms with Gasteiger partial charge in [-0.2, -0.15) is 0 Å². The third-order valence-electron chi connectivity index (χ3n) is 5.09. The molecule has 2 N–H and O–H groups in total. The summed E-state index contributed by atoms with van der Waals surface area (Å²) in [5.41, 5.74) is 6.63. The molecule has 0 bridgehead atoms. The van der Waals surface area contributed by atoms with Crippen molar-refractivity contribution in [3.63, 3.8) is 0 Å². The van der Waals surface area contributed by atoms with E-state index in [0.29, 0.717) is 22.6 Å². The standard InChI is InChI=1S/C25H21N3O5/c1-32-18-9-5-6-16(12-18)14-28-24(23(26)30)27-21-11-10-19(13-20(21)25(28)31)33-15-22(29)17-7-3-2-4-8-17/h2-13H,14-15H2,1H3,(H2,26,30). The Morgan fingerprint density at radius 3 is 2.48 bits per heavy atom. The Bertz CT molecular complexity index is 1400. The smallest absolute Gasteiger partial charge is 0.284 e. The first-order valence-corrected chi connectivity index (χ1v) is 10.1. The topological polar surface area (TPSA) is 114 Å². The summed E-state index contributed by atoms with van der Waals surface area (Å²) in [6.45, 7) is -0.102. The van der Waals surface area contributed by atoms with Gasteiger partial charge in [-0.15, -0.1) is 0 Å². The molecule has 0 aliphatic rings. The first-order valence-electron chi connectivity index (χ1n) is 10.1. The largest absolute Gasteiger partial charge is 0.497 e. The van der Waals surface area contributed by atoms with Crippen LogP contribution in [0.15, 0.2) is 77.6 Å². The highest BCUT2D eigenvalue weighted by Crippen LogP contribution is 2.19. The molecule has 33 heavy (non-hydrogen) atoms. The van der Waals surface area contributed by atoms with E-state index >= 15 is 0 Å². The van der Waals surface area contributed by atoms with Crippen LogP contribution in [0.2, 0.25) is 0 Å². The maximum atomic E-state index is 13.3. The molecular weight excluding hydrogens is 422 g/mol. The van der Waals surface area contributed by atoms with E-state index in [1.54, 1.807) is 67.8 Å². The van der Waals surface area contributed by atoms with Gasteiger partial charge in [-0.05, 0) is 35.9 Å². The van der Waals surface area contributed by atoms with Crippen LogP contribution in [-0.2, 0) is 6.54 Å². The Morgan fingerprint density at radius 2 is 1.76 bits per heavy atom. The van der Waals surface area contributed by atoms with Gasteiger partial charge in [0.15, 0.2) is 12.4 Å². The van der Waals surface area contributed by atoms with E-state index < -0.39 is 11.5 Å². The number of carbonyl (C=O) groups is 2. The number of benzene rings is 3. The van der Waals surface area contributed by atoms with Gasteiger partial charge < -0.3 is 15.2 Å². The third-order valence-corrected chi connectivity index (χ3v) is 5.09. The van der Waals surface area contributed by atoms with Gasteiger partial charge in [0, 0.05) is 5.56 Å². The molecule has 4 rings (SSSR count). The molecule has 0 fully saturated rings. The Labute approximate surface area is 189 Å². The number of hydrogen-bond acceptors (Lipinski definition) is 6. The van der Waals surface area contributed by atoms with Gasteiger partial charge in [0.2, 0.25) is 5.82 Å². The number of aromatic nitrogens is 2. The van der Waals surface area contributed by atoms with Crippen molar-refractivity contribution in [3.05, 3.63) is 100 Å². The van der Waals surface area contributed by atoms with E-state index in [2.05, 4.69) is 4.98 Å². The molecule has 166 valence electrons. The fourth-order valence-electron chi connectivity index (χ4n) is 3.43. The van der Waals surface area contributed by atoms with Gasteiger partial charge >= 0.3 is 0 Å². The number of fused-ring (bicyclic) bond motifs is 1. The lowest BCUT2D eigenvalue weighted by molar-refractivity contribution is 0.0920. The highest BCUT2D eigenvalue weighted by molar-refractivity contribution is 5.97. The number of nitrogens with two attached hydrogens (primary N) is 1. The van der Waals surface area contributed by atoms with Crippen LogP contribution in [0.1, 0.15) is 26.5 Å². The molecular formula is C25H21N3O5. The van der Waals surface area contributed by atoms with Gasteiger partial charge in [-0.25, -0.2) is 4.98 Å². The number of nitrogens with zero attached hydrogens (tertiary/aromatic N) is 2. The molecule has 8 heteroatoms. The van der Waals surface area contributed by atoms with Crippen molar-refractivity contribution in [1.29, 1.82) is 0 Å². The molecule has 0 saturated heterocycles. The molecule has 0 spiro atoms. The van der Waals surface area contributed by atoms with Crippen LogP contribution in [0.25, 0.3) is 10.9 Å². The molecule has 4 aromatic rings. The third kappa shape index (κ3) is 4.74. The second-order valence-electron chi connectivity index (χ2n) is 7.30. The molecule has 0 radical (unpaired) electrons. The number of ether oxygens (including phenoxy) is 2. The first-order chi connectivity index (χ1) is 16.0. The van der Waals surface area contributed by atoms with Gasteiger partial charge in [0.05, 0.1) is 24.6 Å². The molecule has 1 aromatic heterocycles. The number of primary amides is 1.